The summed E-state index contributed by atoms with van der Waals surface area (Å²) in [7, 11) is 1.39. The summed E-state index contributed by atoms with van der Waals surface area (Å²) in [5.74, 6) is -0.178. The number of hydrogen-bond donors (Lipinski definition) is 0. The Hall–Kier alpha value is -0.830. The van der Waals surface area contributed by atoms with Gasteiger partial charge in [-0.15, -0.1) is 6.58 Å². The Labute approximate surface area is 73.4 Å². The number of methoxy groups -OCH3 is 1. The molecule has 0 saturated carbocycles. The van der Waals surface area contributed by atoms with E-state index in [1.807, 2.05) is 0 Å². The van der Waals surface area contributed by atoms with Gasteiger partial charge in [-0.2, -0.15) is 0 Å². The van der Waals surface area contributed by atoms with Gasteiger partial charge < -0.3 is 9.47 Å². The predicted molar refractivity (Wildman–Crippen MR) is 46.9 cm³/mol. The summed E-state index contributed by atoms with van der Waals surface area (Å²) in [5.41, 5.74) is 0. The minimum Gasteiger partial charge on any atom is -0.469 e. The summed E-state index contributed by atoms with van der Waals surface area (Å²) >= 11 is 0. The van der Waals surface area contributed by atoms with Crippen molar-refractivity contribution < 1.29 is 14.3 Å². The van der Waals surface area contributed by atoms with Crippen molar-refractivity contribution in [2.45, 2.75) is 19.3 Å². The number of rotatable bonds is 7. The monoisotopic (exact) mass is 172 g/mol. The molecule has 0 heterocycles. The van der Waals surface area contributed by atoms with E-state index in [1.54, 1.807) is 6.08 Å². The van der Waals surface area contributed by atoms with Gasteiger partial charge in [0.15, 0.2) is 0 Å². The maximum absolute atomic E-state index is 10.6. The van der Waals surface area contributed by atoms with E-state index in [4.69, 9.17) is 4.74 Å². The van der Waals surface area contributed by atoms with Crippen LogP contribution in [0, 0.1) is 0 Å². The van der Waals surface area contributed by atoms with Crippen molar-refractivity contribution in [3.05, 3.63) is 12.7 Å². The highest BCUT2D eigenvalue weighted by atomic mass is 16.5. The fraction of sp³-hybridized carbons (Fsp3) is 0.667. The van der Waals surface area contributed by atoms with E-state index in [0.717, 1.165) is 12.8 Å². The second-order valence-electron chi connectivity index (χ2n) is 2.37. The Bertz CT molecular complexity index is 132. The van der Waals surface area contributed by atoms with Crippen LogP contribution in [0.15, 0.2) is 12.7 Å². The zero-order valence-electron chi connectivity index (χ0n) is 7.54. The molecule has 12 heavy (non-hydrogen) atoms. The average Bonchev–Trinajstić information content (AvgIpc) is 2.10. The van der Waals surface area contributed by atoms with E-state index >= 15 is 0 Å². The van der Waals surface area contributed by atoms with Crippen LogP contribution in [-0.4, -0.2) is 26.3 Å². The van der Waals surface area contributed by atoms with Crippen LogP contribution in [-0.2, 0) is 14.3 Å². The lowest BCUT2D eigenvalue weighted by atomic mass is 10.3. The molecule has 0 atom stereocenters. The summed E-state index contributed by atoms with van der Waals surface area (Å²) in [5, 5.41) is 0. The highest BCUT2D eigenvalue weighted by Gasteiger charge is 1.98. The van der Waals surface area contributed by atoms with Crippen molar-refractivity contribution in [3.63, 3.8) is 0 Å². The molecule has 0 N–H and O–H groups in total. The SMILES string of the molecule is C=CCCOCCCC(=O)OC. The van der Waals surface area contributed by atoms with Gasteiger partial charge in [0.05, 0.1) is 7.11 Å². The quantitative estimate of drug-likeness (QED) is 0.332. The molecule has 70 valence electrons. The fourth-order valence-corrected chi connectivity index (χ4v) is 0.689. The zero-order chi connectivity index (χ0) is 9.23. The van der Waals surface area contributed by atoms with Crippen LogP contribution in [0.2, 0.25) is 0 Å². The first-order chi connectivity index (χ1) is 5.81. The molecule has 3 nitrogen and oxygen atoms in total. The van der Waals surface area contributed by atoms with Gasteiger partial charge in [-0.25, -0.2) is 0 Å². The molecule has 0 amide bonds. The van der Waals surface area contributed by atoms with Crippen molar-refractivity contribution in [2.75, 3.05) is 20.3 Å². The molecule has 0 spiro atoms. The summed E-state index contributed by atoms with van der Waals surface area (Å²) in [6.45, 7) is 4.87. The molecule has 0 aliphatic heterocycles. The molecular weight excluding hydrogens is 156 g/mol. The third-order valence-corrected chi connectivity index (χ3v) is 1.36. The van der Waals surface area contributed by atoms with Crippen LogP contribution >= 0.6 is 0 Å². The van der Waals surface area contributed by atoms with Crippen LogP contribution in [0.1, 0.15) is 19.3 Å². The van der Waals surface area contributed by atoms with Gasteiger partial charge in [0.1, 0.15) is 0 Å². The molecule has 0 aromatic carbocycles. The lowest BCUT2D eigenvalue weighted by molar-refractivity contribution is -0.141. The van der Waals surface area contributed by atoms with Gasteiger partial charge in [0, 0.05) is 19.6 Å². The zero-order valence-corrected chi connectivity index (χ0v) is 7.54. The van der Waals surface area contributed by atoms with Crippen molar-refractivity contribution in [3.8, 4) is 0 Å². The molecule has 3 heteroatoms. The van der Waals surface area contributed by atoms with Gasteiger partial charge in [0.25, 0.3) is 0 Å². The number of esters is 1. The second kappa shape index (κ2) is 8.27. The lowest BCUT2D eigenvalue weighted by Crippen LogP contribution is -2.03. The number of ether oxygens (including phenoxy) is 2. The average molecular weight is 172 g/mol. The molecule has 0 aliphatic rings. The lowest BCUT2D eigenvalue weighted by Gasteiger charge is -2.00. The highest BCUT2D eigenvalue weighted by Crippen LogP contribution is 1.93. The topological polar surface area (TPSA) is 35.5 Å². The fourth-order valence-electron chi connectivity index (χ4n) is 0.689. The van der Waals surface area contributed by atoms with Gasteiger partial charge >= 0.3 is 5.97 Å². The van der Waals surface area contributed by atoms with E-state index in [2.05, 4.69) is 11.3 Å². The molecule has 0 rings (SSSR count). The molecule has 0 radical (unpaired) electrons. The van der Waals surface area contributed by atoms with Gasteiger partial charge in [-0.1, -0.05) is 6.08 Å². The Morgan fingerprint density at radius 3 is 2.83 bits per heavy atom. The third-order valence-electron chi connectivity index (χ3n) is 1.36. The van der Waals surface area contributed by atoms with Crippen LogP contribution in [0.3, 0.4) is 0 Å². The summed E-state index contributed by atoms with van der Waals surface area (Å²) in [4.78, 5) is 10.6. The van der Waals surface area contributed by atoms with Gasteiger partial charge in [0.2, 0.25) is 0 Å². The molecule has 0 unspecified atom stereocenters. The van der Waals surface area contributed by atoms with Crippen LogP contribution in [0.5, 0.6) is 0 Å². The van der Waals surface area contributed by atoms with Crippen molar-refractivity contribution in [1.29, 1.82) is 0 Å². The highest BCUT2D eigenvalue weighted by molar-refractivity contribution is 5.68. The smallest absolute Gasteiger partial charge is 0.305 e. The minimum atomic E-state index is -0.178. The largest absolute Gasteiger partial charge is 0.469 e. The van der Waals surface area contributed by atoms with Crippen LogP contribution in [0.25, 0.3) is 0 Å². The van der Waals surface area contributed by atoms with Crippen LogP contribution < -0.4 is 0 Å². The normalized spacial score (nSPS) is 9.42. The maximum atomic E-state index is 10.6. The molecule has 0 aromatic rings. The Morgan fingerprint density at radius 1 is 1.50 bits per heavy atom. The van der Waals surface area contributed by atoms with E-state index in [-0.39, 0.29) is 5.97 Å². The number of hydrogen-bond acceptors (Lipinski definition) is 3. The van der Waals surface area contributed by atoms with Crippen molar-refractivity contribution >= 4 is 5.97 Å². The van der Waals surface area contributed by atoms with Crippen LogP contribution in [0.4, 0.5) is 0 Å². The maximum Gasteiger partial charge on any atom is 0.305 e. The minimum absolute atomic E-state index is 0.178. The summed E-state index contributed by atoms with van der Waals surface area (Å²) in [6.07, 6.45) is 3.83. The second-order valence-corrected chi connectivity index (χ2v) is 2.37. The predicted octanol–water partition coefficient (Wildman–Crippen LogP) is 1.53. The first-order valence-corrected chi connectivity index (χ1v) is 4.06. The van der Waals surface area contributed by atoms with E-state index in [0.29, 0.717) is 19.6 Å². The van der Waals surface area contributed by atoms with Crippen molar-refractivity contribution in [1.82, 2.24) is 0 Å². The molecular formula is C9H16O3. The third kappa shape index (κ3) is 7.28. The first kappa shape index (κ1) is 11.2. The summed E-state index contributed by atoms with van der Waals surface area (Å²) < 4.78 is 9.66. The van der Waals surface area contributed by atoms with Gasteiger partial charge in [-0.05, 0) is 12.8 Å². The Balaban J connectivity index is 3.00. The molecule has 0 saturated heterocycles. The van der Waals surface area contributed by atoms with E-state index < -0.39 is 0 Å². The van der Waals surface area contributed by atoms with E-state index in [9.17, 15) is 4.79 Å². The van der Waals surface area contributed by atoms with E-state index in [1.165, 1.54) is 7.11 Å². The van der Waals surface area contributed by atoms with Crippen molar-refractivity contribution in [2.24, 2.45) is 0 Å². The number of carbonyl (C=O) groups is 1. The standard InChI is InChI=1S/C9H16O3/c1-3-4-7-12-8-5-6-9(10)11-2/h3H,1,4-8H2,2H3. The number of carbonyl (C=O) groups excluding carboxylic acids is 1. The Morgan fingerprint density at radius 2 is 2.25 bits per heavy atom. The Kier molecular flexibility index (Phi) is 7.70. The molecule has 0 fully saturated rings. The molecule has 0 bridgehead atoms. The first-order valence-electron chi connectivity index (χ1n) is 4.06. The summed E-state index contributed by atoms with van der Waals surface area (Å²) in [6, 6.07) is 0. The van der Waals surface area contributed by atoms with Gasteiger partial charge in [-0.3, -0.25) is 4.79 Å². The molecule has 0 aromatic heterocycles. The molecule has 0 aliphatic carbocycles.